The number of methoxy groups -OCH3 is 3. The fraction of sp³-hybridized carbons (Fsp3) is 0.333. The third kappa shape index (κ3) is 6.02. The van der Waals surface area contributed by atoms with E-state index in [1.54, 1.807) is 25.1 Å². The molecular weight excluding hydrogens is 398 g/mol. The number of nitrogens with one attached hydrogen (secondary N) is 1. The molecule has 2 aromatic carbocycles. The molecule has 0 heterocycles. The molecule has 1 atom stereocenters. The second kappa shape index (κ2) is 10.6. The number of amides is 1. The van der Waals surface area contributed by atoms with Crippen molar-refractivity contribution in [3.05, 3.63) is 52.5 Å². The minimum atomic E-state index is -0.556. The van der Waals surface area contributed by atoms with Gasteiger partial charge >= 0.3 is 5.97 Å². The summed E-state index contributed by atoms with van der Waals surface area (Å²) in [6.07, 6.45) is -0.0515. The molecule has 0 unspecified atom stereocenters. The SMILES string of the molecule is COc1cc(CC(=O)OCC(=O)N[C@@H](C)c2ccccc2Cl)cc(OC)c1OC. The molecule has 0 saturated heterocycles. The van der Waals surface area contributed by atoms with Crippen LogP contribution in [0.5, 0.6) is 17.2 Å². The molecule has 1 amide bonds. The first-order valence-electron chi connectivity index (χ1n) is 8.87. The lowest BCUT2D eigenvalue weighted by atomic mass is 10.1. The highest BCUT2D eigenvalue weighted by molar-refractivity contribution is 6.31. The summed E-state index contributed by atoms with van der Waals surface area (Å²) in [6, 6.07) is 10.2. The van der Waals surface area contributed by atoms with Gasteiger partial charge in [0.15, 0.2) is 18.1 Å². The first-order chi connectivity index (χ1) is 13.9. The molecule has 0 aliphatic heterocycles. The largest absolute Gasteiger partial charge is 0.493 e. The van der Waals surface area contributed by atoms with E-state index in [9.17, 15) is 9.59 Å². The predicted octanol–water partition coefficient (Wildman–Crippen LogP) is 3.33. The van der Waals surface area contributed by atoms with Gasteiger partial charge in [-0.3, -0.25) is 9.59 Å². The van der Waals surface area contributed by atoms with E-state index in [0.29, 0.717) is 27.8 Å². The number of halogens is 1. The van der Waals surface area contributed by atoms with Crippen LogP contribution in [-0.2, 0) is 20.7 Å². The van der Waals surface area contributed by atoms with Crippen molar-refractivity contribution in [1.82, 2.24) is 5.32 Å². The van der Waals surface area contributed by atoms with Gasteiger partial charge in [-0.05, 0) is 36.2 Å². The summed E-state index contributed by atoms with van der Waals surface area (Å²) in [7, 11) is 4.48. The Morgan fingerprint density at radius 3 is 2.21 bits per heavy atom. The van der Waals surface area contributed by atoms with E-state index in [1.807, 2.05) is 18.2 Å². The van der Waals surface area contributed by atoms with Crippen molar-refractivity contribution in [3.8, 4) is 17.2 Å². The van der Waals surface area contributed by atoms with E-state index in [1.165, 1.54) is 21.3 Å². The van der Waals surface area contributed by atoms with Crippen molar-refractivity contribution in [1.29, 1.82) is 0 Å². The summed E-state index contributed by atoms with van der Waals surface area (Å²) in [4.78, 5) is 24.2. The average molecular weight is 422 g/mol. The molecule has 0 radical (unpaired) electrons. The van der Waals surface area contributed by atoms with Gasteiger partial charge in [0.05, 0.1) is 33.8 Å². The Hall–Kier alpha value is -2.93. The fourth-order valence-electron chi connectivity index (χ4n) is 2.79. The Morgan fingerprint density at radius 1 is 1.03 bits per heavy atom. The summed E-state index contributed by atoms with van der Waals surface area (Å²) < 4.78 is 20.9. The molecule has 156 valence electrons. The summed E-state index contributed by atoms with van der Waals surface area (Å²) in [5.41, 5.74) is 1.39. The molecule has 2 aromatic rings. The van der Waals surface area contributed by atoms with Crippen molar-refractivity contribution in [3.63, 3.8) is 0 Å². The lowest BCUT2D eigenvalue weighted by molar-refractivity contribution is -0.148. The highest BCUT2D eigenvalue weighted by atomic mass is 35.5. The first-order valence-corrected chi connectivity index (χ1v) is 9.25. The second-order valence-electron chi connectivity index (χ2n) is 6.18. The zero-order chi connectivity index (χ0) is 21.4. The van der Waals surface area contributed by atoms with Crippen LogP contribution in [0, 0.1) is 0 Å². The standard InChI is InChI=1S/C21H24ClNO6/c1-13(15-7-5-6-8-16(15)22)23-19(24)12-29-20(25)11-14-9-17(26-2)21(28-4)18(10-14)27-3/h5-10,13H,11-12H2,1-4H3,(H,23,24)/t13-/m0/s1. The molecule has 0 bridgehead atoms. The topological polar surface area (TPSA) is 83.1 Å². The Morgan fingerprint density at radius 2 is 1.66 bits per heavy atom. The maximum atomic E-state index is 12.1. The number of carbonyl (C=O) groups excluding carboxylic acids is 2. The van der Waals surface area contributed by atoms with E-state index in [4.69, 9.17) is 30.5 Å². The van der Waals surface area contributed by atoms with Crippen molar-refractivity contribution < 1.29 is 28.5 Å². The molecule has 0 aromatic heterocycles. The first kappa shape index (κ1) is 22.4. The van der Waals surface area contributed by atoms with Crippen LogP contribution < -0.4 is 19.5 Å². The molecular formula is C21H24ClNO6. The number of rotatable bonds is 9. The number of ether oxygens (including phenoxy) is 4. The number of esters is 1. The average Bonchev–Trinajstić information content (AvgIpc) is 2.71. The van der Waals surface area contributed by atoms with Gasteiger partial charge in [-0.2, -0.15) is 0 Å². The molecule has 0 aliphatic carbocycles. The van der Waals surface area contributed by atoms with Crippen LogP contribution in [-0.4, -0.2) is 39.8 Å². The van der Waals surface area contributed by atoms with Gasteiger partial charge in [-0.25, -0.2) is 0 Å². The lowest BCUT2D eigenvalue weighted by Gasteiger charge is -2.16. The molecule has 0 aliphatic rings. The number of benzene rings is 2. The Labute approximate surface area is 174 Å². The molecule has 8 heteroatoms. The van der Waals surface area contributed by atoms with Crippen molar-refractivity contribution in [2.75, 3.05) is 27.9 Å². The smallest absolute Gasteiger partial charge is 0.310 e. The number of carbonyl (C=O) groups is 2. The van der Waals surface area contributed by atoms with Gasteiger partial charge in [0.1, 0.15) is 0 Å². The van der Waals surface area contributed by atoms with Crippen molar-refractivity contribution in [2.24, 2.45) is 0 Å². The van der Waals surface area contributed by atoms with Gasteiger partial charge < -0.3 is 24.3 Å². The van der Waals surface area contributed by atoms with Crippen molar-refractivity contribution >= 4 is 23.5 Å². The quantitative estimate of drug-likeness (QED) is 0.625. The van der Waals surface area contributed by atoms with Gasteiger partial charge in [-0.1, -0.05) is 29.8 Å². The summed E-state index contributed by atoms with van der Waals surface area (Å²) >= 11 is 6.13. The molecule has 2 rings (SSSR count). The molecule has 1 N–H and O–H groups in total. The fourth-order valence-corrected chi connectivity index (χ4v) is 3.09. The molecule has 29 heavy (non-hydrogen) atoms. The summed E-state index contributed by atoms with van der Waals surface area (Å²) in [6.45, 7) is 1.41. The van der Waals surface area contributed by atoms with E-state index in [0.717, 1.165) is 5.56 Å². The minimum absolute atomic E-state index is 0.0515. The van der Waals surface area contributed by atoms with Gasteiger partial charge in [-0.15, -0.1) is 0 Å². The third-order valence-corrected chi connectivity index (χ3v) is 4.53. The molecule has 7 nitrogen and oxygen atoms in total. The number of hydrogen-bond donors (Lipinski definition) is 1. The highest BCUT2D eigenvalue weighted by Gasteiger charge is 2.17. The van der Waals surface area contributed by atoms with Crippen LogP contribution in [0.15, 0.2) is 36.4 Å². The monoisotopic (exact) mass is 421 g/mol. The van der Waals surface area contributed by atoms with Gasteiger partial charge in [0.25, 0.3) is 5.91 Å². The Kier molecular flexibility index (Phi) is 8.15. The molecule has 0 spiro atoms. The lowest BCUT2D eigenvalue weighted by Crippen LogP contribution is -2.31. The predicted molar refractivity (Wildman–Crippen MR) is 109 cm³/mol. The molecule has 0 saturated carbocycles. The van der Waals surface area contributed by atoms with Crippen LogP contribution in [0.25, 0.3) is 0 Å². The zero-order valence-corrected chi connectivity index (χ0v) is 17.5. The maximum Gasteiger partial charge on any atom is 0.310 e. The van der Waals surface area contributed by atoms with Crippen LogP contribution >= 0.6 is 11.6 Å². The van der Waals surface area contributed by atoms with E-state index < -0.39 is 18.5 Å². The van der Waals surface area contributed by atoms with Crippen molar-refractivity contribution in [2.45, 2.75) is 19.4 Å². The molecule has 0 fully saturated rings. The van der Waals surface area contributed by atoms with Crippen LogP contribution in [0.3, 0.4) is 0 Å². The second-order valence-corrected chi connectivity index (χ2v) is 6.59. The van der Waals surface area contributed by atoms with E-state index >= 15 is 0 Å². The normalized spacial score (nSPS) is 11.3. The van der Waals surface area contributed by atoms with E-state index in [2.05, 4.69) is 5.32 Å². The highest BCUT2D eigenvalue weighted by Crippen LogP contribution is 2.38. The van der Waals surface area contributed by atoms with Crippen LogP contribution in [0.2, 0.25) is 5.02 Å². The summed E-state index contributed by atoms with van der Waals surface area (Å²) in [5.74, 6) is 0.317. The van der Waals surface area contributed by atoms with Gasteiger partial charge in [0, 0.05) is 5.02 Å². The van der Waals surface area contributed by atoms with Crippen LogP contribution in [0.4, 0.5) is 0 Å². The van der Waals surface area contributed by atoms with Gasteiger partial charge in [0.2, 0.25) is 5.75 Å². The van der Waals surface area contributed by atoms with Crippen LogP contribution in [0.1, 0.15) is 24.1 Å². The van der Waals surface area contributed by atoms with E-state index in [-0.39, 0.29) is 12.5 Å². The zero-order valence-electron chi connectivity index (χ0n) is 16.8. The minimum Gasteiger partial charge on any atom is -0.493 e. The third-order valence-electron chi connectivity index (χ3n) is 4.19. The Balaban J connectivity index is 1.93. The Bertz CT molecular complexity index is 845. The summed E-state index contributed by atoms with van der Waals surface area (Å²) in [5, 5.41) is 3.31. The maximum absolute atomic E-state index is 12.1. The number of hydrogen-bond acceptors (Lipinski definition) is 6.